The van der Waals surface area contributed by atoms with E-state index in [-0.39, 0.29) is 29.0 Å². The summed E-state index contributed by atoms with van der Waals surface area (Å²) in [6.45, 7) is 1.85. The quantitative estimate of drug-likeness (QED) is 0.617. The van der Waals surface area contributed by atoms with E-state index in [1.165, 1.54) is 12.1 Å². The normalized spacial score (nSPS) is 10.1. The number of carbonyl (C=O) groups excluding carboxylic acids is 1. The molecule has 0 aliphatic rings. The molecule has 0 atom stereocenters. The highest BCUT2D eigenvalue weighted by molar-refractivity contribution is 5.89. The van der Waals surface area contributed by atoms with Crippen LogP contribution in [0.3, 0.4) is 0 Å². The molecule has 0 bridgehead atoms. The number of aromatic carboxylic acids is 1. The molecule has 0 aromatic heterocycles. The molecular formula is C12H13NO5. The fourth-order valence-electron chi connectivity index (χ4n) is 1.60. The van der Waals surface area contributed by atoms with Gasteiger partial charge in [0, 0.05) is 24.5 Å². The van der Waals surface area contributed by atoms with Gasteiger partial charge in [-0.25, -0.2) is 4.79 Å². The minimum Gasteiger partial charge on any atom is -0.478 e. The lowest BCUT2D eigenvalue weighted by atomic mass is 10.0. The van der Waals surface area contributed by atoms with Gasteiger partial charge in [0.2, 0.25) is 0 Å². The van der Waals surface area contributed by atoms with Crippen LogP contribution in [-0.2, 0) is 11.2 Å². The Labute approximate surface area is 103 Å². The third kappa shape index (κ3) is 3.38. The van der Waals surface area contributed by atoms with E-state index in [1.54, 1.807) is 0 Å². The van der Waals surface area contributed by atoms with Gasteiger partial charge in [0.05, 0.1) is 10.5 Å². The van der Waals surface area contributed by atoms with Crippen LogP contribution in [0.5, 0.6) is 0 Å². The van der Waals surface area contributed by atoms with E-state index < -0.39 is 10.9 Å². The highest BCUT2D eigenvalue weighted by Crippen LogP contribution is 2.21. The van der Waals surface area contributed by atoms with Crippen molar-refractivity contribution < 1.29 is 19.6 Å². The number of carboxylic acid groups (broad SMARTS) is 1. The molecule has 1 N–H and O–H groups in total. The number of carboxylic acids is 1. The Hall–Kier alpha value is -2.24. The second kappa shape index (κ2) is 5.90. The maximum Gasteiger partial charge on any atom is 0.335 e. The van der Waals surface area contributed by atoms with Crippen LogP contribution in [0.25, 0.3) is 0 Å². The summed E-state index contributed by atoms with van der Waals surface area (Å²) in [5.41, 5.74) is -0.226. The van der Waals surface area contributed by atoms with Crippen LogP contribution in [0.1, 0.15) is 35.7 Å². The first-order valence-corrected chi connectivity index (χ1v) is 5.48. The van der Waals surface area contributed by atoms with Crippen LogP contribution in [0.2, 0.25) is 0 Å². The average molecular weight is 251 g/mol. The van der Waals surface area contributed by atoms with Crippen molar-refractivity contribution in [3.05, 3.63) is 39.4 Å². The first kappa shape index (κ1) is 13.8. The smallest absolute Gasteiger partial charge is 0.335 e. The molecule has 0 radical (unpaired) electrons. The summed E-state index contributed by atoms with van der Waals surface area (Å²) in [6.07, 6.45) is 1.00. The number of hydrogen-bond donors (Lipinski definition) is 1. The molecule has 0 heterocycles. The zero-order valence-electron chi connectivity index (χ0n) is 9.88. The van der Waals surface area contributed by atoms with E-state index in [2.05, 4.69) is 0 Å². The lowest BCUT2D eigenvalue weighted by molar-refractivity contribution is -0.385. The van der Waals surface area contributed by atoms with Crippen LogP contribution >= 0.6 is 0 Å². The van der Waals surface area contributed by atoms with Gasteiger partial charge in [0.1, 0.15) is 5.78 Å². The van der Waals surface area contributed by atoms with Crippen LogP contribution in [0, 0.1) is 10.1 Å². The van der Waals surface area contributed by atoms with Crippen LogP contribution in [0.4, 0.5) is 5.69 Å². The van der Waals surface area contributed by atoms with Crippen molar-refractivity contribution in [3.63, 3.8) is 0 Å². The second-order valence-electron chi connectivity index (χ2n) is 3.87. The van der Waals surface area contributed by atoms with Gasteiger partial charge < -0.3 is 5.11 Å². The van der Waals surface area contributed by atoms with E-state index in [0.717, 1.165) is 6.07 Å². The third-order valence-corrected chi connectivity index (χ3v) is 2.45. The van der Waals surface area contributed by atoms with Gasteiger partial charge in [-0.1, -0.05) is 13.0 Å². The number of nitrogens with zero attached hydrogens (tertiary/aromatic N) is 1. The molecule has 1 aromatic rings. The topological polar surface area (TPSA) is 97.5 Å². The predicted octanol–water partition coefficient (Wildman–Crippen LogP) is 2.20. The molecule has 0 unspecified atom stereocenters. The number of ketones is 1. The standard InChI is InChI=1S/C12H13NO5/c1-2-3-10(14)6-8-4-5-9(12(15)16)7-11(8)13(17)18/h4-5,7H,2-3,6H2,1H3,(H,15,16). The number of nitro groups is 1. The summed E-state index contributed by atoms with van der Waals surface area (Å²) in [6, 6.07) is 3.58. The minimum atomic E-state index is -1.23. The number of Topliss-reactive ketones (excluding diaryl/α,β-unsaturated/α-hetero) is 1. The van der Waals surface area contributed by atoms with Gasteiger partial charge in [-0.2, -0.15) is 0 Å². The van der Waals surface area contributed by atoms with Crippen LogP contribution in [0.15, 0.2) is 18.2 Å². The van der Waals surface area contributed by atoms with Gasteiger partial charge in [0.25, 0.3) is 5.69 Å². The van der Waals surface area contributed by atoms with Gasteiger partial charge in [-0.15, -0.1) is 0 Å². The highest BCUT2D eigenvalue weighted by Gasteiger charge is 2.18. The number of rotatable bonds is 6. The molecule has 6 nitrogen and oxygen atoms in total. The third-order valence-electron chi connectivity index (χ3n) is 2.45. The van der Waals surface area contributed by atoms with E-state index in [9.17, 15) is 19.7 Å². The van der Waals surface area contributed by atoms with Gasteiger partial charge >= 0.3 is 5.97 Å². The van der Waals surface area contributed by atoms with Crippen LogP contribution < -0.4 is 0 Å². The molecular weight excluding hydrogens is 238 g/mol. The highest BCUT2D eigenvalue weighted by atomic mass is 16.6. The Morgan fingerprint density at radius 1 is 1.39 bits per heavy atom. The van der Waals surface area contributed by atoms with Gasteiger partial charge in [0.15, 0.2) is 0 Å². The Kier molecular flexibility index (Phi) is 4.53. The molecule has 0 fully saturated rings. The van der Waals surface area contributed by atoms with E-state index in [4.69, 9.17) is 5.11 Å². The number of hydrogen-bond acceptors (Lipinski definition) is 4. The summed E-state index contributed by atoms with van der Waals surface area (Å²) in [4.78, 5) is 32.4. The van der Waals surface area contributed by atoms with E-state index >= 15 is 0 Å². The Morgan fingerprint density at radius 2 is 2.06 bits per heavy atom. The SMILES string of the molecule is CCCC(=O)Cc1ccc(C(=O)O)cc1[N+](=O)[O-]. The molecule has 0 aliphatic carbocycles. The summed E-state index contributed by atoms with van der Waals surface area (Å²) in [5, 5.41) is 19.6. The number of nitro benzene ring substituents is 1. The molecule has 1 rings (SSSR count). The van der Waals surface area contributed by atoms with Crippen molar-refractivity contribution in [2.45, 2.75) is 26.2 Å². The summed E-state index contributed by atoms with van der Waals surface area (Å²) in [5.74, 6) is -1.33. The zero-order valence-corrected chi connectivity index (χ0v) is 9.88. The maximum absolute atomic E-state index is 11.5. The molecule has 6 heteroatoms. The summed E-state index contributed by atoms with van der Waals surface area (Å²) >= 11 is 0. The summed E-state index contributed by atoms with van der Waals surface area (Å²) < 4.78 is 0. The summed E-state index contributed by atoms with van der Waals surface area (Å²) in [7, 11) is 0. The van der Waals surface area contributed by atoms with Gasteiger partial charge in [-0.05, 0) is 12.5 Å². The molecule has 0 amide bonds. The molecule has 0 saturated heterocycles. The Bertz CT molecular complexity index is 495. The average Bonchev–Trinajstić information content (AvgIpc) is 2.29. The Morgan fingerprint density at radius 3 is 2.56 bits per heavy atom. The van der Waals surface area contributed by atoms with Crippen molar-refractivity contribution in [1.82, 2.24) is 0 Å². The molecule has 96 valence electrons. The van der Waals surface area contributed by atoms with Crippen molar-refractivity contribution in [1.29, 1.82) is 0 Å². The van der Waals surface area contributed by atoms with Crippen LogP contribution in [-0.4, -0.2) is 21.8 Å². The number of carbonyl (C=O) groups is 2. The zero-order chi connectivity index (χ0) is 13.7. The van der Waals surface area contributed by atoms with Crippen molar-refractivity contribution in [2.75, 3.05) is 0 Å². The molecule has 0 spiro atoms. The minimum absolute atomic E-state index is 0.0376. The maximum atomic E-state index is 11.5. The fourth-order valence-corrected chi connectivity index (χ4v) is 1.60. The Balaban J connectivity index is 3.08. The molecule has 0 aliphatic heterocycles. The van der Waals surface area contributed by atoms with Crippen molar-refractivity contribution >= 4 is 17.4 Å². The molecule has 1 aromatic carbocycles. The fraction of sp³-hybridized carbons (Fsp3) is 0.333. The van der Waals surface area contributed by atoms with Gasteiger partial charge in [-0.3, -0.25) is 14.9 Å². The van der Waals surface area contributed by atoms with E-state index in [0.29, 0.717) is 12.8 Å². The van der Waals surface area contributed by atoms with E-state index in [1.807, 2.05) is 6.92 Å². The predicted molar refractivity (Wildman–Crippen MR) is 63.7 cm³/mol. The lowest BCUT2D eigenvalue weighted by Gasteiger charge is -2.03. The first-order valence-electron chi connectivity index (χ1n) is 5.48. The number of benzene rings is 1. The second-order valence-corrected chi connectivity index (χ2v) is 3.87. The van der Waals surface area contributed by atoms with Crippen molar-refractivity contribution in [2.24, 2.45) is 0 Å². The molecule has 18 heavy (non-hydrogen) atoms. The van der Waals surface area contributed by atoms with Crippen molar-refractivity contribution in [3.8, 4) is 0 Å². The lowest BCUT2D eigenvalue weighted by Crippen LogP contribution is -2.06. The molecule has 0 saturated carbocycles. The monoisotopic (exact) mass is 251 g/mol. The largest absolute Gasteiger partial charge is 0.478 e. The first-order chi connectivity index (χ1) is 8.45.